The number of aromatic nitrogens is 3. The Morgan fingerprint density at radius 2 is 2.38 bits per heavy atom. The van der Waals surface area contributed by atoms with E-state index in [2.05, 4.69) is 26.6 Å². The maximum atomic E-state index is 12.1. The fourth-order valence-corrected chi connectivity index (χ4v) is 2.87. The molecule has 1 aliphatic carbocycles. The number of H-pyrrole nitrogens is 1. The number of nitrogens with one attached hydrogen (secondary N) is 2. The van der Waals surface area contributed by atoms with Crippen LogP contribution in [-0.4, -0.2) is 26.3 Å². The van der Waals surface area contributed by atoms with Crippen LogP contribution in [0.15, 0.2) is 35.5 Å². The van der Waals surface area contributed by atoms with Crippen LogP contribution in [-0.2, 0) is 11.3 Å². The molecule has 0 aromatic carbocycles. The molecule has 0 spiro atoms. The normalized spacial score (nSPS) is 15.7. The van der Waals surface area contributed by atoms with E-state index in [0.717, 1.165) is 16.4 Å². The molecule has 2 aromatic rings. The van der Waals surface area contributed by atoms with Crippen molar-refractivity contribution in [2.24, 2.45) is 0 Å². The summed E-state index contributed by atoms with van der Waals surface area (Å²) in [6.07, 6.45) is 4.19. The zero-order chi connectivity index (χ0) is 14.7. The fraction of sp³-hybridized carbons (Fsp3) is 0.400. The second-order valence-corrected chi connectivity index (χ2v) is 6.60. The molecular weight excluding hydrogens is 284 g/mol. The van der Waals surface area contributed by atoms with Gasteiger partial charge in [0.15, 0.2) is 0 Å². The number of nitrogens with zero attached hydrogens (tertiary/aromatic N) is 2. The van der Waals surface area contributed by atoms with Crippen LogP contribution in [0.25, 0.3) is 0 Å². The van der Waals surface area contributed by atoms with Crippen LogP contribution in [0.4, 0.5) is 0 Å². The lowest BCUT2D eigenvalue weighted by molar-refractivity contribution is -0.120. The standard InChI is InChI=1S/C15H18N4OS/c1-10(21-14-4-2-3-7-16-14)15(20)17-9-12-8-13(19-18-12)11-5-6-11/h2-4,7-8,10-11H,5-6,9H2,1H3,(H,17,20)(H,18,19)/t10-/m0/s1. The SMILES string of the molecule is C[C@H](Sc1ccccn1)C(=O)NCc1cc(C2CC2)n[nH]1. The van der Waals surface area contributed by atoms with Gasteiger partial charge in [0.1, 0.15) is 0 Å². The summed E-state index contributed by atoms with van der Waals surface area (Å²) in [5.41, 5.74) is 2.08. The third-order valence-electron chi connectivity index (χ3n) is 3.40. The Kier molecular flexibility index (Phi) is 4.24. The zero-order valence-electron chi connectivity index (χ0n) is 11.9. The molecule has 5 nitrogen and oxygen atoms in total. The van der Waals surface area contributed by atoms with Crippen LogP contribution in [0, 0.1) is 0 Å². The van der Waals surface area contributed by atoms with Gasteiger partial charge in [-0.2, -0.15) is 5.10 Å². The highest BCUT2D eigenvalue weighted by Gasteiger charge is 2.26. The predicted octanol–water partition coefficient (Wildman–Crippen LogP) is 2.48. The largest absolute Gasteiger partial charge is 0.350 e. The number of carbonyl (C=O) groups excluding carboxylic acids is 1. The van der Waals surface area contributed by atoms with E-state index in [-0.39, 0.29) is 11.2 Å². The van der Waals surface area contributed by atoms with Gasteiger partial charge in [0.2, 0.25) is 5.91 Å². The minimum atomic E-state index is -0.175. The maximum Gasteiger partial charge on any atom is 0.233 e. The van der Waals surface area contributed by atoms with Crippen molar-refractivity contribution >= 4 is 17.7 Å². The summed E-state index contributed by atoms with van der Waals surface area (Å²) < 4.78 is 0. The molecule has 21 heavy (non-hydrogen) atoms. The Morgan fingerprint density at radius 1 is 1.52 bits per heavy atom. The molecule has 1 fully saturated rings. The van der Waals surface area contributed by atoms with E-state index in [1.807, 2.05) is 25.1 Å². The fourth-order valence-electron chi connectivity index (χ4n) is 2.04. The second kappa shape index (κ2) is 6.30. The van der Waals surface area contributed by atoms with Crippen molar-refractivity contribution in [2.45, 2.75) is 42.5 Å². The second-order valence-electron chi connectivity index (χ2n) is 5.24. The Hall–Kier alpha value is -1.82. The average Bonchev–Trinajstić information content (AvgIpc) is 3.25. The van der Waals surface area contributed by atoms with Gasteiger partial charge in [-0.3, -0.25) is 9.89 Å². The van der Waals surface area contributed by atoms with Crippen molar-refractivity contribution in [3.8, 4) is 0 Å². The minimum Gasteiger partial charge on any atom is -0.350 e. The molecule has 1 atom stereocenters. The van der Waals surface area contributed by atoms with Crippen molar-refractivity contribution in [3.63, 3.8) is 0 Å². The first-order valence-corrected chi connectivity index (χ1v) is 8.00. The van der Waals surface area contributed by atoms with Gasteiger partial charge < -0.3 is 5.32 Å². The number of amides is 1. The quantitative estimate of drug-likeness (QED) is 0.804. The van der Waals surface area contributed by atoms with E-state index < -0.39 is 0 Å². The molecule has 0 aliphatic heterocycles. The van der Waals surface area contributed by atoms with Gasteiger partial charge in [0, 0.05) is 12.1 Å². The Balaban J connectivity index is 1.48. The molecule has 1 amide bonds. The predicted molar refractivity (Wildman–Crippen MR) is 82.0 cm³/mol. The Bertz CT molecular complexity index is 609. The first-order valence-electron chi connectivity index (χ1n) is 7.12. The molecule has 0 bridgehead atoms. The maximum absolute atomic E-state index is 12.1. The van der Waals surface area contributed by atoms with Crippen molar-refractivity contribution in [1.82, 2.24) is 20.5 Å². The highest BCUT2D eigenvalue weighted by atomic mass is 32.2. The number of thioether (sulfide) groups is 1. The van der Waals surface area contributed by atoms with E-state index in [0.29, 0.717) is 12.5 Å². The van der Waals surface area contributed by atoms with E-state index in [9.17, 15) is 4.79 Å². The molecule has 110 valence electrons. The highest BCUT2D eigenvalue weighted by molar-refractivity contribution is 8.00. The number of carbonyl (C=O) groups is 1. The van der Waals surface area contributed by atoms with E-state index in [1.165, 1.54) is 24.6 Å². The molecule has 1 aliphatic rings. The number of pyridine rings is 1. The molecular formula is C15H18N4OS. The van der Waals surface area contributed by atoms with E-state index >= 15 is 0 Å². The lowest BCUT2D eigenvalue weighted by Crippen LogP contribution is -2.30. The molecule has 0 radical (unpaired) electrons. The van der Waals surface area contributed by atoms with Gasteiger partial charge in [-0.1, -0.05) is 17.8 Å². The minimum absolute atomic E-state index is 0.00762. The topological polar surface area (TPSA) is 70.7 Å². The van der Waals surface area contributed by atoms with Gasteiger partial charge in [-0.05, 0) is 38.0 Å². The lowest BCUT2D eigenvalue weighted by Gasteiger charge is -2.10. The lowest BCUT2D eigenvalue weighted by atomic mass is 10.2. The summed E-state index contributed by atoms with van der Waals surface area (Å²) in [5.74, 6) is 0.637. The summed E-state index contributed by atoms with van der Waals surface area (Å²) in [5, 5.41) is 10.9. The van der Waals surface area contributed by atoms with Crippen LogP contribution in [0.1, 0.15) is 37.1 Å². The highest BCUT2D eigenvalue weighted by Crippen LogP contribution is 2.38. The Morgan fingerprint density at radius 3 is 3.10 bits per heavy atom. The van der Waals surface area contributed by atoms with Crippen molar-refractivity contribution in [1.29, 1.82) is 0 Å². The molecule has 2 aromatic heterocycles. The van der Waals surface area contributed by atoms with E-state index in [1.54, 1.807) is 6.20 Å². The molecule has 2 heterocycles. The van der Waals surface area contributed by atoms with Crippen molar-refractivity contribution in [2.75, 3.05) is 0 Å². The number of aromatic amines is 1. The van der Waals surface area contributed by atoms with Gasteiger partial charge in [0.25, 0.3) is 0 Å². The monoisotopic (exact) mass is 302 g/mol. The molecule has 0 saturated heterocycles. The van der Waals surface area contributed by atoms with Crippen LogP contribution < -0.4 is 5.32 Å². The first-order chi connectivity index (χ1) is 10.2. The molecule has 3 rings (SSSR count). The van der Waals surface area contributed by atoms with Crippen molar-refractivity contribution < 1.29 is 4.79 Å². The summed E-state index contributed by atoms with van der Waals surface area (Å²) in [4.78, 5) is 16.3. The number of hydrogen-bond acceptors (Lipinski definition) is 4. The van der Waals surface area contributed by atoms with Crippen LogP contribution in [0.5, 0.6) is 0 Å². The molecule has 0 unspecified atom stereocenters. The van der Waals surface area contributed by atoms with Crippen LogP contribution >= 0.6 is 11.8 Å². The average molecular weight is 302 g/mol. The molecule has 6 heteroatoms. The summed E-state index contributed by atoms with van der Waals surface area (Å²) >= 11 is 1.46. The number of hydrogen-bond donors (Lipinski definition) is 2. The van der Waals surface area contributed by atoms with Crippen molar-refractivity contribution in [3.05, 3.63) is 41.9 Å². The van der Waals surface area contributed by atoms with Gasteiger partial charge in [-0.25, -0.2) is 4.98 Å². The van der Waals surface area contributed by atoms with E-state index in [4.69, 9.17) is 0 Å². The molecule has 2 N–H and O–H groups in total. The van der Waals surface area contributed by atoms with Gasteiger partial charge in [-0.15, -0.1) is 0 Å². The smallest absolute Gasteiger partial charge is 0.233 e. The van der Waals surface area contributed by atoms with Crippen LogP contribution in [0.2, 0.25) is 0 Å². The van der Waals surface area contributed by atoms with Crippen LogP contribution in [0.3, 0.4) is 0 Å². The Labute approximate surface area is 127 Å². The summed E-state index contributed by atoms with van der Waals surface area (Å²) in [6, 6.07) is 7.74. The summed E-state index contributed by atoms with van der Waals surface area (Å²) in [6.45, 7) is 2.38. The summed E-state index contributed by atoms with van der Waals surface area (Å²) in [7, 11) is 0. The third kappa shape index (κ3) is 3.85. The zero-order valence-corrected chi connectivity index (χ0v) is 12.7. The molecule has 1 saturated carbocycles. The van der Waals surface area contributed by atoms with Gasteiger partial charge in [0.05, 0.1) is 28.2 Å². The van der Waals surface area contributed by atoms with Gasteiger partial charge >= 0.3 is 0 Å². The third-order valence-corrected chi connectivity index (χ3v) is 4.45. The first kappa shape index (κ1) is 14.1. The number of rotatable bonds is 6.